The molecule has 2 heterocycles. The van der Waals surface area contributed by atoms with E-state index in [-0.39, 0.29) is 40.1 Å². The number of aromatic nitrogens is 4. The van der Waals surface area contributed by atoms with Crippen molar-refractivity contribution in [2.75, 3.05) is 0 Å². The molecule has 5 aromatic rings. The zero-order chi connectivity index (χ0) is 38.4. The molecule has 0 bridgehead atoms. The van der Waals surface area contributed by atoms with Crippen molar-refractivity contribution in [3.63, 3.8) is 0 Å². The van der Waals surface area contributed by atoms with Gasteiger partial charge in [-0.1, -0.05) is 13.0 Å². The lowest BCUT2D eigenvalue weighted by atomic mass is 9.78. The molecule has 0 aliphatic heterocycles. The summed E-state index contributed by atoms with van der Waals surface area (Å²) in [4.78, 5) is 28.3. The average Bonchev–Trinajstić information content (AvgIpc) is 3.70. The topological polar surface area (TPSA) is 187 Å². The summed E-state index contributed by atoms with van der Waals surface area (Å²) in [5, 5.41) is 16.6. The van der Waals surface area contributed by atoms with E-state index >= 15 is 0 Å². The maximum absolute atomic E-state index is 14.2. The predicted octanol–water partition coefficient (Wildman–Crippen LogP) is 7.56. The number of alkyl halides is 3. The van der Waals surface area contributed by atoms with Crippen LogP contribution < -0.4 is 17.2 Å². The minimum atomic E-state index is -4.67. The number of nitriles is 1. The summed E-state index contributed by atoms with van der Waals surface area (Å²) < 4.78 is 79.0. The number of halogens is 3. The Labute approximate surface area is 310 Å². The molecular formula is C38H40F3N7O5S. The van der Waals surface area contributed by atoms with Gasteiger partial charge in [0.2, 0.25) is 0 Å². The van der Waals surface area contributed by atoms with Gasteiger partial charge in [-0.25, -0.2) is 18.8 Å². The molecule has 0 atom stereocenters. The van der Waals surface area contributed by atoms with Gasteiger partial charge in [-0.05, 0) is 136 Å². The number of carbonyl (C=O) groups excluding carboxylic acids is 1. The first-order chi connectivity index (χ1) is 25.0. The van der Waals surface area contributed by atoms with Gasteiger partial charge in [0.25, 0.3) is 10.1 Å². The summed E-state index contributed by atoms with van der Waals surface area (Å²) in [6.07, 6.45) is -0.383. The van der Waals surface area contributed by atoms with Crippen molar-refractivity contribution in [3.8, 4) is 28.8 Å². The highest BCUT2D eigenvalue weighted by Crippen LogP contribution is 2.39. The molecule has 2 aromatic heterocycles. The van der Waals surface area contributed by atoms with Gasteiger partial charge >= 0.3 is 17.9 Å². The number of amides is 1. The van der Waals surface area contributed by atoms with E-state index in [2.05, 4.69) is 10.4 Å². The molecule has 12 nitrogen and oxygen atoms in total. The van der Waals surface area contributed by atoms with E-state index in [1.165, 1.54) is 29.9 Å². The normalized spacial score (nSPS) is 16.1. The number of hydrogen-bond donors (Lipinski definition) is 3. The zero-order valence-corrected chi connectivity index (χ0v) is 30.9. The Morgan fingerprint density at radius 3 is 2.26 bits per heavy atom. The van der Waals surface area contributed by atoms with Gasteiger partial charge in [0.15, 0.2) is 0 Å². The van der Waals surface area contributed by atoms with Crippen LogP contribution in [-0.4, -0.2) is 44.0 Å². The average molecular weight is 764 g/mol. The number of carbonyl (C=O) groups is 1. The summed E-state index contributed by atoms with van der Waals surface area (Å²) >= 11 is 0. The van der Waals surface area contributed by atoms with Gasteiger partial charge in [-0.3, -0.25) is 9.12 Å². The molecule has 1 amide bonds. The van der Waals surface area contributed by atoms with E-state index in [0.29, 0.717) is 54.6 Å². The number of hydrogen-bond acceptors (Lipinski definition) is 7. The zero-order valence-electron chi connectivity index (χ0n) is 30.1. The van der Waals surface area contributed by atoms with Crippen molar-refractivity contribution in [2.24, 2.45) is 0 Å². The molecule has 3 aromatic carbocycles. The Morgan fingerprint density at radius 1 is 1.00 bits per heavy atom. The Balaban J connectivity index is 0.00000561. The molecule has 0 spiro atoms. The minimum absolute atomic E-state index is 0. The van der Waals surface area contributed by atoms with Gasteiger partial charge in [0, 0.05) is 6.04 Å². The van der Waals surface area contributed by atoms with Crippen molar-refractivity contribution < 1.29 is 30.9 Å². The van der Waals surface area contributed by atoms with E-state index < -0.39 is 33.6 Å². The van der Waals surface area contributed by atoms with Crippen LogP contribution in [0.1, 0.15) is 77.6 Å². The van der Waals surface area contributed by atoms with Crippen molar-refractivity contribution in [3.05, 3.63) is 116 Å². The van der Waals surface area contributed by atoms with E-state index in [0.717, 1.165) is 38.0 Å². The number of imidazole rings is 1. The first-order valence-electron chi connectivity index (χ1n) is 17.0. The van der Waals surface area contributed by atoms with Crippen LogP contribution in [0.25, 0.3) is 22.8 Å². The number of rotatable bonds is 7. The quantitative estimate of drug-likeness (QED) is 0.142. The van der Waals surface area contributed by atoms with Crippen LogP contribution in [-0.2, 0) is 22.7 Å². The second-order valence-corrected chi connectivity index (χ2v) is 14.6. The van der Waals surface area contributed by atoms with E-state index in [9.17, 15) is 41.0 Å². The van der Waals surface area contributed by atoms with Gasteiger partial charge < -0.3 is 11.5 Å². The highest BCUT2D eigenvalue weighted by Gasteiger charge is 2.33. The molecule has 0 radical (unpaired) electrons. The van der Waals surface area contributed by atoms with Crippen LogP contribution in [0.2, 0.25) is 0 Å². The number of nitrogens with one attached hydrogen (secondary N) is 1. The third kappa shape index (κ3) is 7.34. The maximum Gasteiger partial charge on any atom is 0.416 e. The minimum Gasteiger partial charge on any atom is -0.344 e. The maximum atomic E-state index is 14.2. The summed E-state index contributed by atoms with van der Waals surface area (Å²) in [7, 11) is -4.45. The molecular weight excluding hydrogens is 724 g/mol. The fraction of sp³-hybridized carbons (Fsp3) is 0.316. The molecule has 16 heteroatoms. The molecule has 284 valence electrons. The fourth-order valence-electron chi connectivity index (χ4n) is 7.44. The summed E-state index contributed by atoms with van der Waals surface area (Å²) in [6.45, 7) is 7.04. The van der Waals surface area contributed by atoms with Crippen LogP contribution in [0.5, 0.6) is 0 Å². The Bertz CT molecular complexity index is 2430. The summed E-state index contributed by atoms with van der Waals surface area (Å²) in [6, 6.07) is 14.8. The Hall–Kier alpha value is -5.50. The van der Waals surface area contributed by atoms with Gasteiger partial charge in [0.05, 0.1) is 51.1 Å². The first kappa shape index (κ1) is 39.7. The van der Waals surface area contributed by atoms with Crippen molar-refractivity contribution >= 4 is 16.1 Å². The second-order valence-electron chi connectivity index (χ2n) is 13.2. The third-order valence-corrected chi connectivity index (χ3v) is 11.2. The molecule has 1 saturated carbocycles. The highest BCUT2D eigenvalue weighted by molar-refractivity contribution is 7.85. The summed E-state index contributed by atoms with van der Waals surface area (Å²) in [5.41, 5.74) is 2.79. The first-order valence-corrected chi connectivity index (χ1v) is 18.5. The molecule has 0 saturated heterocycles. The van der Waals surface area contributed by atoms with Crippen LogP contribution >= 0.6 is 0 Å². The monoisotopic (exact) mass is 763 g/mol. The second kappa shape index (κ2) is 15.1. The smallest absolute Gasteiger partial charge is 0.344 e. The molecule has 0 unspecified atom stereocenters. The molecule has 5 N–H and O–H groups in total. The van der Waals surface area contributed by atoms with E-state index in [1.807, 2.05) is 19.9 Å². The van der Waals surface area contributed by atoms with Crippen LogP contribution in [0, 0.1) is 32.1 Å². The van der Waals surface area contributed by atoms with Crippen LogP contribution in [0.15, 0.2) is 76.6 Å². The third-order valence-electron chi connectivity index (χ3n) is 10.2. The van der Waals surface area contributed by atoms with Crippen molar-refractivity contribution in [1.29, 1.82) is 5.26 Å². The standard InChI is InChI=1S/C38H37F3N6O5S.H3N/c1-5-31-22(2)23(3)34(53(50,51)52)20-32(31)26-11-13-28(14-12-26)44-36(48)46-35(33-17-18-43-47(33)29-15-9-25(21-42)10-16-29)24(4)45(37(46)49)30-8-6-7-27(19-30)38(39,40)41;/h6-10,15-20,26,28H,5,11-14H2,1-4H3,(H,44,48)(H,50,51,52);1H3. The lowest BCUT2D eigenvalue weighted by molar-refractivity contribution is -0.137. The largest absolute Gasteiger partial charge is 0.416 e. The predicted molar refractivity (Wildman–Crippen MR) is 196 cm³/mol. The van der Waals surface area contributed by atoms with Crippen LogP contribution in [0.3, 0.4) is 0 Å². The number of benzene rings is 3. The molecule has 1 fully saturated rings. The highest BCUT2D eigenvalue weighted by atomic mass is 32.2. The number of nitrogens with zero attached hydrogens (tertiary/aromatic N) is 5. The van der Waals surface area contributed by atoms with Crippen LogP contribution in [0.4, 0.5) is 18.0 Å². The fourth-order valence-corrected chi connectivity index (χ4v) is 8.26. The lowest BCUT2D eigenvalue weighted by Crippen LogP contribution is -2.43. The van der Waals surface area contributed by atoms with E-state index in [1.54, 1.807) is 43.3 Å². The molecule has 6 rings (SSSR count). The lowest BCUT2D eigenvalue weighted by Gasteiger charge is -2.31. The Morgan fingerprint density at radius 2 is 1.67 bits per heavy atom. The summed E-state index contributed by atoms with van der Waals surface area (Å²) in [5.74, 6) is -0.0396. The Kier molecular flexibility index (Phi) is 11.1. The van der Waals surface area contributed by atoms with Gasteiger partial charge in [-0.2, -0.15) is 31.9 Å². The molecule has 54 heavy (non-hydrogen) atoms. The van der Waals surface area contributed by atoms with Gasteiger partial charge in [-0.15, -0.1) is 0 Å². The van der Waals surface area contributed by atoms with Crippen molar-refractivity contribution in [1.82, 2.24) is 30.4 Å². The van der Waals surface area contributed by atoms with E-state index in [4.69, 9.17) is 0 Å². The molecule has 1 aliphatic carbocycles. The SMILES string of the molecule is CCc1c(C2CCC(NC(=O)n3c(-c4ccnn4-c4ccc(C#N)cc4)c(C)n(-c4cccc(C(F)(F)F)c4)c3=O)CC2)cc(S(=O)(=O)O)c(C)c1C.N. The van der Waals surface area contributed by atoms with Gasteiger partial charge in [0.1, 0.15) is 5.69 Å². The van der Waals surface area contributed by atoms with Crippen molar-refractivity contribution in [2.45, 2.75) is 82.8 Å². The molecule has 1 aliphatic rings.